The first-order valence-electron chi connectivity index (χ1n) is 8.84. The number of hydrogen-bond donors (Lipinski definition) is 1. The summed E-state index contributed by atoms with van der Waals surface area (Å²) < 4.78 is 4.68. The Morgan fingerprint density at radius 3 is 2.64 bits per heavy atom. The fraction of sp³-hybridized carbons (Fsp3) is 0.143. The van der Waals surface area contributed by atoms with Gasteiger partial charge in [0, 0.05) is 24.1 Å². The molecule has 140 valence electrons. The molecule has 0 atom stereocenters. The van der Waals surface area contributed by atoms with Gasteiger partial charge in [-0.3, -0.25) is 4.79 Å². The summed E-state index contributed by atoms with van der Waals surface area (Å²) in [6.45, 7) is 0.639. The van der Waals surface area contributed by atoms with Crippen LogP contribution in [0.25, 0.3) is 0 Å². The molecule has 2 aromatic carbocycles. The van der Waals surface area contributed by atoms with Gasteiger partial charge in [0.1, 0.15) is 5.69 Å². The standard InChI is InChI=1S/C21H18N4O3/c1-28-20(27)15-6-8-16(9-7-15)23-21-22-12-10-17(24-21)19(26)25-13-11-14-4-2-3-5-18(14)25/h2-10,12H,11,13H2,1H3,(H,22,23,24). The minimum atomic E-state index is -0.402. The minimum Gasteiger partial charge on any atom is -0.465 e. The first kappa shape index (κ1) is 17.7. The summed E-state index contributed by atoms with van der Waals surface area (Å²) in [5, 5.41) is 3.05. The Morgan fingerprint density at radius 1 is 1.07 bits per heavy atom. The van der Waals surface area contributed by atoms with Crippen molar-refractivity contribution in [3.05, 3.63) is 77.6 Å². The molecule has 7 nitrogen and oxygen atoms in total. The van der Waals surface area contributed by atoms with E-state index in [2.05, 4.69) is 20.0 Å². The lowest BCUT2D eigenvalue weighted by molar-refractivity contribution is 0.0600. The Balaban J connectivity index is 1.52. The molecule has 1 N–H and O–H groups in total. The van der Waals surface area contributed by atoms with Gasteiger partial charge in [-0.15, -0.1) is 0 Å². The molecule has 7 heteroatoms. The molecule has 0 saturated heterocycles. The molecule has 0 bridgehead atoms. The van der Waals surface area contributed by atoms with E-state index in [0.29, 0.717) is 29.4 Å². The summed E-state index contributed by atoms with van der Waals surface area (Å²) in [7, 11) is 1.34. The lowest BCUT2D eigenvalue weighted by Crippen LogP contribution is -2.29. The Bertz CT molecular complexity index is 1030. The van der Waals surface area contributed by atoms with Gasteiger partial charge in [0.25, 0.3) is 5.91 Å². The van der Waals surface area contributed by atoms with E-state index in [-0.39, 0.29) is 5.91 Å². The van der Waals surface area contributed by atoms with Gasteiger partial charge in [-0.25, -0.2) is 14.8 Å². The number of hydrogen-bond acceptors (Lipinski definition) is 6. The molecule has 0 saturated carbocycles. The number of methoxy groups -OCH3 is 1. The fourth-order valence-corrected chi connectivity index (χ4v) is 3.16. The van der Waals surface area contributed by atoms with Crippen LogP contribution >= 0.6 is 0 Å². The third-order valence-electron chi connectivity index (χ3n) is 4.57. The molecule has 4 rings (SSSR count). The highest BCUT2D eigenvalue weighted by atomic mass is 16.5. The van der Waals surface area contributed by atoms with Crippen molar-refractivity contribution in [1.82, 2.24) is 9.97 Å². The Labute approximate surface area is 162 Å². The highest BCUT2D eigenvalue weighted by molar-refractivity contribution is 6.06. The van der Waals surface area contributed by atoms with Gasteiger partial charge < -0.3 is 15.0 Å². The second kappa shape index (κ2) is 7.48. The van der Waals surface area contributed by atoms with Crippen LogP contribution in [0, 0.1) is 0 Å². The van der Waals surface area contributed by atoms with E-state index in [9.17, 15) is 9.59 Å². The second-order valence-corrected chi connectivity index (χ2v) is 6.29. The molecule has 3 aromatic rings. The molecule has 1 amide bonds. The molecule has 0 unspecified atom stereocenters. The van der Waals surface area contributed by atoms with Crippen molar-refractivity contribution < 1.29 is 14.3 Å². The van der Waals surface area contributed by atoms with E-state index in [4.69, 9.17) is 0 Å². The van der Waals surface area contributed by atoms with E-state index in [1.807, 2.05) is 24.3 Å². The molecular weight excluding hydrogens is 356 g/mol. The van der Waals surface area contributed by atoms with Crippen molar-refractivity contribution in [2.24, 2.45) is 0 Å². The quantitative estimate of drug-likeness (QED) is 0.706. The molecule has 1 aliphatic rings. The molecule has 0 fully saturated rings. The number of amides is 1. The van der Waals surface area contributed by atoms with Gasteiger partial charge >= 0.3 is 5.97 Å². The lowest BCUT2D eigenvalue weighted by atomic mass is 10.2. The fourth-order valence-electron chi connectivity index (χ4n) is 3.16. The van der Waals surface area contributed by atoms with Crippen molar-refractivity contribution in [3.8, 4) is 0 Å². The summed E-state index contributed by atoms with van der Waals surface area (Å²) in [5.41, 5.74) is 3.56. The number of nitrogens with one attached hydrogen (secondary N) is 1. The predicted octanol–water partition coefficient (Wildman–Crippen LogP) is 3.21. The maximum atomic E-state index is 12.9. The summed E-state index contributed by atoms with van der Waals surface area (Å²) in [6.07, 6.45) is 2.39. The van der Waals surface area contributed by atoms with E-state index in [1.165, 1.54) is 7.11 Å². The molecule has 2 heterocycles. The van der Waals surface area contributed by atoms with E-state index in [1.54, 1.807) is 41.4 Å². The van der Waals surface area contributed by atoms with Crippen LogP contribution in [-0.4, -0.2) is 35.5 Å². The predicted molar refractivity (Wildman–Crippen MR) is 105 cm³/mol. The highest BCUT2D eigenvalue weighted by Gasteiger charge is 2.26. The SMILES string of the molecule is COC(=O)c1ccc(Nc2nccc(C(=O)N3CCc4ccccc43)n2)cc1. The van der Waals surface area contributed by atoms with Crippen molar-refractivity contribution >= 4 is 29.2 Å². The number of aromatic nitrogens is 2. The van der Waals surface area contributed by atoms with Crippen LogP contribution in [0.15, 0.2) is 60.8 Å². The lowest BCUT2D eigenvalue weighted by Gasteiger charge is -2.17. The van der Waals surface area contributed by atoms with Crippen LogP contribution in [-0.2, 0) is 11.2 Å². The van der Waals surface area contributed by atoms with Gasteiger partial charge in [0.2, 0.25) is 5.95 Å². The second-order valence-electron chi connectivity index (χ2n) is 6.29. The maximum absolute atomic E-state index is 12.9. The van der Waals surface area contributed by atoms with Crippen LogP contribution in [0.4, 0.5) is 17.3 Å². The Morgan fingerprint density at radius 2 is 1.86 bits per heavy atom. The number of fused-ring (bicyclic) bond motifs is 1. The average Bonchev–Trinajstić information content (AvgIpc) is 3.17. The van der Waals surface area contributed by atoms with Gasteiger partial charge in [0.05, 0.1) is 12.7 Å². The van der Waals surface area contributed by atoms with E-state index in [0.717, 1.165) is 17.7 Å². The van der Waals surface area contributed by atoms with Crippen LogP contribution in [0.1, 0.15) is 26.4 Å². The maximum Gasteiger partial charge on any atom is 0.337 e. The van der Waals surface area contributed by atoms with E-state index < -0.39 is 5.97 Å². The van der Waals surface area contributed by atoms with Gasteiger partial charge in [-0.05, 0) is 48.4 Å². The largest absolute Gasteiger partial charge is 0.465 e. The first-order valence-corrected chi connectivity index (χ1v) is 8.84. The number of esters is 1. The Hall–Kier alpha value is -3.74. The highest BCUT2D eigenvalue weighted by Crippen LogP contribution is 2.28. The summed E-state index contributed by atoms with van der Waals surface area (Å²) >= 11 is 0. The third kappa shape index (κ3) is 3.42. The number of carbonyl (C=O) groups excluding carboxylic acids is 2. The van der Waals surface area contributed by atoms with Gasteiger partial charge in [0.15, 0.2) is 0 Å². The van der Waals surface area contributed by atoms with Crippen LogP contribution < -0.4 is 10.2 Å². The zero-order valence-corrected chi connectivity index (χ0v) is 15.3. The number of para-hydroxylation sites is 1. The normalized spacial score (nSPS) is 12.4. The molecular formula is C21H18N4O3. The topological polar surface area (TPSA) is 84.4 Å². The van der Waals surface area contributed by atoms with Gasteiger partial charge in [-0.1, -0.05) is 18.2 Å². The summed E-state index contributed by atoms with van der Waals surface area (Å²) in [4.78, 5) is 34.7. The van der Waals surface area contributed by atoms with Crippen LogP contribution in [0.2, 0.25) is 0 Å². The number of nitrogens with zero attached hydrogens (tertiary/aromatic N) is 3. The molecule has 0 aliphatic carbocycles. The van der Waals surface area contributed by atoms with Crippen LogP contribution in [0.5, 0.6) is 0 Å². The molecule has 0 radical (unpaired) electrons. The molecule has 0 spiro atoms. The van der Waals surface area contributed by atoms with E-state index >= 15 is 0 Å². The van der Waals surface area contributed by atoms with Crippen LogP contribution in [0.3, 0.4) is 0 Å². The Kier molecular flexibility index (Phi) is 4.72. The zero-order chi connectivity index (χ0) is 19.5. The molecule has 1 aromatic heterocycles. The van der Waals surface area contributed by atoms with Crippen molar-refractivity contribution in [3.63, 3.8) is 0 Å². The third-order valence-corrected chi connectivity index (χ3v) is 4.57. The molecule has 28 heavy (non-hydrogen) atoms. The smallest absolute Gasteiger partial charge is 0.337 e. The number of rotatable bonds is 4. The number of carbonyl (C=O) groups is 2. The van der Waals surface area contributed by atoms with Gasteiger partial charge in [-0.2, -0.15) is 0 Å². The van der Waals surface area contributed by atoms with Crippen molar-refractivity contribution in [1.29, 1.82) is 0 Å². The molecule has 1 aliphatic heterocycles. The summed E-state index contributed by atoms with van der Waals surface area (Å²) in [5.74, 6) is -0.248. The monoisotopic (exact) mass is 374 g/mol. The number of ether oxygens (including phenoxy) is 1. The summed E-state index contributed by atoms with van der Waals surface area (Å²) in [6, 6.07) is 16.2. The first-order chi connectivity index (χ1) is 13.7. The minimum absolute atomic E-state index is 0.156. The number of anilines is 3. The average molecular weight is 374 g/mol. The zero-order valence-electron chi connectivity index (χ0n) is 15.3. The van der Waals surface area contributed by atoms with Crippen molar-refractivity contribution in [2.45, 2.75) is 6.42 Å². The van der Waals surface area contributed by atoms with Crippen molar-refractivity contribution in [2.75, 3.05) is 23.9 Å². The number of benzene rings is 2.